The van der Waals surface area contributed by atoms with Crippen molar-refractivity contribution in [2.45, 2.75) is 6.92 Å². The first-order valence-electron chi connectivity index (χ1n) is 6.67. The van der Waals surface area contributed by atoms with Crippen LogP contribution in [0, 0.1) is 11.7 Å². The molecule has 2 heterocycles. The Labute approximate surface area is 126 Å². The number of rotatable bonds is 1. The molecule has 0 atom stereocenters. The normalized spacial score (nSPS) is 11.3. The third kappa shape index (κ3) is 1.86. The van der Waals surface area contributed by atoms with Crippen molar-refractivity contribution in [1.29, 1.82) is 0 Å². The van der Waals surface area contributed by atoms with E-state index in [0.717, 1.165) is 27.7 Å². The highest BCUT2D eigenvalue weighted by Gasteiger charge is 2.11. The van der Waals surface area contributed by atoms with Gasteiger partial charge < -0.3 is 0 Å². The lowest BCUT2D eigenvalue weighted by Gasteiger charge is -2.07. The summed E-state index contributed by atoms with van der Waals surface area (Å²) in [5.74, 6) is 0. The zero-order valence-electron chi connectivity index (χ0n) is 11.4. The fourth-order valence-corrected chi connectivity index (χ4v) is 2.69. The predicted octanol–water partition coefficient (Wildman–Crippen LogP) is 3.92. The molecular weight excluding hydrogens is 280 g/mol. The van der Waals surface area contributed by atoms with Crippen LogP contribution in [0.4, 0.5) is 0 Å². The first-order chi connectivity index (χ1) is 10.2. The van der Waals surface area contributed by atoms with Crippen LogP contribution >= 0.6 is 12.2 Å². The van der Waals surface area contributed by atoms with Gasteiger partial charge in [0.2, 0.25) is 4.77 Å². The van der Waals surface area contributed by atoms with Gasteiger partial charge in [-0.25, -0.2) is 5.10 Å². The molecule has 0 fully saturated rings. The van der Waals surface area contributed by atoms with Crippen molar-refractivity contribution in [3.63, 3.8) is 0 Å². The van der Waals surface area contributed by atoms with E-state index >= 15 is 0 Å². The maximum absolute atomic E-state index is 5.26. The molecule has 2 aromatic heterocycles. The minimum absolute atomic E-state index is 0.504. The molecule has 0 amide bonds. The second-order valence-electron chi connectivity index (χ2n) is 5.02. The predicted molar refractivity (Wildman–Crippen MR) is 85.9 cm³/mol. The van der Waals surface area contributed by atoms with Gasteiger partial charge in [0, 0.05) is 16.3 Å². The summed E-state index contributed by atoms with van der Waals surface area (Å²) >= 11 is 5.26. The van der Waals surface area contributed by atoms with E-state index in [1.807, 2.05) is 18.2 Å². The van der Waals surface area contributed by atoms with Crippen molar-refractivity contribution in [2.75, 3.05) is 0 Å². The molecule has 0 saturated carbocycles. The minimum Gasteiger partial charge on any atom is -0.250 e. The Bertz CT molecular complexity index is 1010. The third-order valence-corrected chi connectivity index (χ3v) is 3.86. The molecular formula is C16H12N4S. The van der Waals surface area contributed by atoms with Crippen molar-refractivity contribution >= 4 is 28.6 Å². The highest BCUT2D eigenvalue weighted by molar-refractivity contribution is 7.71. The number of nitrogens with one attached hydrogen (secondary N) is 1. The van der Waals surface area contributed by atoms with Crippen LogP contribution in [0.25, 0.3) is 27.7 Å². The average molecular weight is 292 g/mol. The lowest BCUT2D eigenvalue weighted by Crippen LogP contribution is -1.97. The van der Waals surface area contributed by atoms with E-state index < -0.39 is 0 Å². The van der Waals surface area contributed by atoms with Gasteiger partial charge >= 0.3 is 0 Å². The summed E-state index contributed by atoms with van der Waals surface area (Å²) in [5.41, 5.74) is 3.97. The van der Waals surface area contributed by atoms with Gasteiger partial charge in [0.05, 0.1) is 5.69 Å². The number of hydrogen-bond donors (Lipinski definition) is 1. The van der Waals surface area contributed by atoms with Gasteiger partial charge in [-0.2, -0.15) is 14.7 Å². The van der Waals surface area contributed by atoms with E-state index in [1.165, 1.54) is 5.56 Å². The van der Waals surface area contributed by atoms with Crippen molar-refractivity contribution in [3.05, 3.63) is 58.9 Å². The molecule has 21 heavy (non-hydrogen) atoms. The fourth-order valence-electron chi connectivity index (χ4n) is 2.52. The number of hydrogen-bond acceptors (Lipinski definition) is 3. The number of fused-ring (bicyclic) bond motifs is 3. The summed E-state index contributed by atoms with van der Waals surface area (Å²) in [6.07, 6.45) is 0. The SMILES string of the molecule is Cc1ccc(-c2nn3c(=S)[nH]nc3c3ccccc23)cc1. The Morgan fingerprint density at radius 2 is 1.71 bits per heavy atom. The van der Waals surface area contributed by atoms with E-state index in [-0.39, 0.29) is 0 Å². The number of aromatic amines is 1. The summed E-state index contributed by atoms with van der Waals surface area (Å²) < 4.78 is 2.19. The maximum atomic E-state index is 5.26. The van der Waals surface area contributed by atoms with Crippen LogP contribution in [0.3, 0.4) is 0 Å². The lowest BCUT2D eigenvalue weighted by molar-refractivity contribution is 0.923. The monoisotopic (exact) mass is 292 g/mol. The molecule has 0 saturated heterocycles. The van der Waals surface area contributed by atoms with Crippen LogP contribution in [0.5, 0.6) is 0 Å². The fraction of sp³-hybridized carbons (Fsp3) is 0.0625. The van der Waals surface area contributed by atoms with Gasteiger partial charge in [-0.05, 0) is 19.1 Å². The van der Waals surface area contributed by atoms with Gasteiger partial charge in [0.1, 0.15) is 0 Å². The van der Waals surface area contributed by atoms with Gasteiger partial charge in [0.25, 0.3) is 0 Å². The molecule has 4 aromatic rings. The first kappa shape index (κ1) is 12.2. The molecule has 1 N–H and O–H groups in total. The molecule has 5 heteroatoms. The van der Waals surface area contributed by atoms with Gasteiger partial charge in [-0.3, -0.25) is 0 Å². The highest BCUT2D eigenvalue weighted by Crippen LogP contribution is 2.28. The van der Waals surface area contributed by atoms with Crippen LogP contribution in [0.1, 0.15) is 5.56 Å². The van der Waals surface area contributed by atoms with E-state index in [0.29, 0.717) is 4.77 Å². The number of nitrogens with zero attached hydrogens (tertiary/aromatic N) is 3. The largest absolute Gasteiger partial charge is 0.250 e. The summed E-state index contributed by atoms with van der Waals surface area (Å²) in [6.45, 7) is 2.07. The van der Waals surface area contributed by atoms with Crippen LogP contribution in [-0.2, 0) is 0 Å². The average Bonchev–Trinajstić information content (AvgIpc) is 2.89. The Kier molecular flexibility index (Phi) is 2.62. The summed E-state index contributed by atoms with van der Waals surface area (Å²) in [4.78, 5) is 0. The summed E-state index contributed by atoms with van der Waals surface area (Å²) in [6, 6.07) is 16.5. The molecule has 2 aromatic carbocycles. The van der Waals surface area contributed by atoms with Crippen molar-refractivity contribution in [2.24, 2.45) is 0 Å². The molecule has 4 nitrogen and oxygen atoms in total. The maximum Gasteiger partial charge on any atom is 0.216 e. The van der Waals surface area contributed by atoms with Crippen LogP contribution in [-0.4, -0.2) is 19.8 Å². The Morgan fingerprint density at radius 1 is 1.00 bits per heavy atom. The number of H-pyrrole nitrogens is 1. The van der Waals surface area contributed by atoms with Crippen molar-refractivity contribution in [1.82, 2.24) is 19.8 Å². The number of aryl methyl sites for hydroxylation is 1. The molecule has 0 radical (unpaired) electrons. The number of benzene rings is 2. The quantitative estimate of drug-likeness (QED) is 0.541. The van der Waals surface area contributed by atoms with Crippen LogP contribution in [0.15, 0.2) is 48.5 Å². The van der Waals surface area contributed by atoms with Crippen molar-refractivity contribution < 1.29 is 0 Å². The summed E-state index contributed by atoms with van der Waals surface area (Å²) in [7, 11) is 0. The summed E-state index contributed by atoms with van der Waals surface area (Å²) in [5, 5.41) is 13.9. The Balaban J connectivity index is 2.17. The first-order valence-corrected chi connectivity index (χ1v) is 7.08. The topological polar surface area (TPSA) is 46.0 Å². The van der Waals surface area contributed by atoms with E-state index in [2.05, 4.69) is 52.6 Å². The van der Waals surface area contributed by atoms with E-state index in [1.54, 1.807) is 4.52 Å². The van der Waals surface area contributed by atoms with E-state index in [9.17, 15) is 0 Å². The standard InChI is InChI=1S/C16H12N4S/c1-10-6-8-11(9-7-10)14-12-4-2-3-5-13(12)15-17-18-16(21)20(15)19-14/h2-9H,1H3,(H,18,21). The van der Waals surface area contributed by atoms with Crippen molar-refractivity contribution in [3.8, 4) is 11.3 Å². The highest BCUT2D eigenvalue weighted by atomic mass is 32.1. The van der Waals surface area contributed by atoms with Crippen LogP contribution in [0.2, 0.25) is 0 Å². The molecule has 0 unspecified atom stereocenters. The third-order valence-electron chi connectivity index (χ3n) is 3.60. The van der Waals surface area contributed by atoms with E-state index in [4.69, 9.17) is 12.2 Å². The Morgan fingerprint density at radius 3 is 2.48 bits per heavy atom. The van der Waals surface area contributed by atoms with Gasteiger partial charge in [-0.15, -0.1) is 0 Å². The zero-order valence-corrected chi connectivity index (χ0v) is 12.2. The number of aromatic nitrogens is 4. The minimum atomic E-state index is 0.504. The molecule has 0 spiro atoms. The Hall–Kier alpha value is -2.53. The molecule has 102 valence electrons. The van der Waals surface area contributed by atoms with Crippen LogP contribution < -0.4 is 0 Å². The molecule has 0 aliphatic heterocycles. The van der Waals surface area contributed by atoms with Gasteiger partial charge in [-0.1, -0.05) is 54.1 Å². The second kappa shape index (κ2) is 4.49. The molecule has 0 bridgehead atoms. The molecule has 4 rings (SSSR count). The zero-order chi connectivity index (χ0) is 14.4. The molecule has 0 aliphatic carbocycles. The smallest absolute Gasteiger partial charge is 0.216 e. The lowest BCUT2D eigenvalue weighted by atomic mass is 10.0. The second-order valence-corrected chi connectivity index (χ2v) is 5.41. The van der Waals surface area contributed by atoms with Gasteiger partial charge in [0.15, 0.2) is 5.65 Å². The molecule has 0 aliphatic rings.